The molecule has 33 heavy (non-hydrogen) atoms. The number of fused-ring (bicyclic) bond motifs is 2. The van der Waals surface area contributed by atoms with Crippen molar-refractivity contribution < 1.29 is 9.84 Å². The lowest BCUT2D eigenvalue weighted by Gasteiger charge is -2.30. The molecule has 4 aromatic rings. The lowest BCUT2D eigenvalue weighted by Crippen LogP contribution is -2.36. The molecule has 1 aliphatic heterocycles. The quantitative estimate of drug-likeness (QED) is 0.408. The van der Waals surface area contributed by atoms with Crippen LogP contribution in [0.1, 0.15) is 43.7 Å². The molecule has 172 valence electrons. The molecule has 1 aliphatic rings. The number of H-pyrrole nitrogens is 1. The van der Waals surface area contributed by atoms with Gasteiger partial charge in [-0.05, 0) is 48.1 Å². The Kier molecular flexibility index (Phi) is 5.76. The van der Waals surface area contributed by atoms with E-state index in [0.717, 1.165) is 48.5 Å². The fourth-order valence-corrected chi connectivity index (χ4v) is 4.52. The molecule has 3 N–H and O–H groups in total. The summed E-state index contributed by atoms with van der Waals surface area (Å²) in [7, 11) is 1.69. The number of methoxy groups -OCH3 is 1. The van der Waals surface area contributed by atoms with Crippen molar-refractivity contribution in [2.45, 2.75) is 45.3 Å². The average Bonchev–Trinajstić information content (AvgIpc) is 3.28. The first-order valence-corrected chi connectivity index (χ1v) is 11.5. The monoisotopic (exact) mass is 446 g/mol. The average molecular weight is 447 g/mol. The molecular weight excluding hydrogens is 416 g/mol. The van der Waals surface area contributed by atoms with Crippen molar-refractivity contribution in [3.05, 3.63) is 47.8 Å². The molecule has 4 heterocycles. The number of benzene rings is 1. The minimum Gasteiger partial charge on any atom is -0.495 e. The van der Waals surface area contributed by atoms with Crippen molar-refractivity contribution in [1.82, 2.24) is 19.9 Å². The summed E-state index contributed by atoms with van der Waals surface area (Å²) in [6.45, 7) is 6.60. The Morgan fingerprint density at radius 2 is 2.00 bits per heavy atom. The van der Waals surface area contributed by atoms with Gasteiger partial charge in [0, 0.05) is 31.2 Å². The maximum atomic E-state index is 9.78. The molecule has 3 aromatic heterocycles. The Hall–Kier alpha value is -3.39. The van der Waals surface area contributed by atoms with E-state index < -0.39 is 0 Å². The van der Waals surface area contributed by atoms with Crippen LogP contribution in [0.25, 0.3) is 22.1 Å². The number of pyridine rings is 1. The summed E-state index contributed by atoms with van der Waals surface area (Å²) in [5, 5.41) is 14.4. The molecule has 0 aliphatic carbocycles. The lowest BCUT2D eigenvalue weighted by molar-refractivity contribution is 0.145. The number of anilines is 2. The Balaban J connectivity index is 1.40. The smallest absolute Gasteiger partial charge is 0.182 e. The highest BCUT2D eigenvalue weighted by molar-refractivity contribution is 5.92. The number of ether oxygens (including phenoxy) is 1. The second-order valence-electron chi connectivity index (χ2n) is 8.91. The summed E-state index contributed by atoms with van der Waals surface area (Å²) >= 11 is 0. The summed E-state index contributed by atoms with van der Waals surface area (Å²) in [6, 6.07) is 8.04. The third kappa shape index (κ3) is 4.18. The number of hydrogen-bond donors (Lipinski definition) is 3. The first-order chi connectivity index (χ1) is 16.0. The molecule has 0 unspecified atom stereocenters. The summed E-state index contributed by atoms with van der Waals surface area (Å²) in [5.41, 5.74) is 4.84. The number of aliphatic hydroxyl groups is 1. The molecule has 8 nitrogen and oxygen atoms in total. The maximum absolute atomic E-state index is 9.78. The number of aliphatic hydroxyl groups excluding tert-OH is 1. The fourth-order valence-electron chi connectivity index (χ4n) is 4.52. The molecule has 0 atom stereocenters. The van der Waals surface area contributed by atoms with Crippen LogP contribution in [0.4, 0.5) is 11.6 Å². The number of hydrogen-bond acceptors (Lipinski definition) is 7. The van der Waals surface area contributed by atoms with Gasteiger partial charge in [0.1, 0.15) is 22.9 Å². The second-order valence-corrected chi connectivity index (χ2v) is 8.91. The summed E-state index contributed by atoms with van der Waals surface area (Å²) in [4.78, 5) is 19.6. The van der Waals surface area contributed by atoms with Crippen LogP contribution in [0.15, 0.2) is 36.7 Å². The molecule has 0 spiro atoms. The van der Waals surface area contributed by atoms with Gasteiger partial charge in [0.15, 0.2) is 5.65 Å². The van der Waals surface area contributed by atoms with Crippen LogP contribution in [0.3, 0.4) is 0 Å². The molecule has 1 aromatic carbocycles. The molecule has 0 saturated carbocycles. The van der Waals surface area contributed by atoms with Gasteiger partial charge in [0.2, 0.25) is 0 Å². The molecule has 1 fully saturated rings. The number of aromatic nitrogens is 4. The van der Waals surface area contributed by atoms with E-state index >= 15 is 0 Å². The largest absolute Gasteiger partial charge is 0.495 e. The standard InChI is InChI=1S/C25H30N6O2/c1-15(2)18-13-28-24-20(33-3)6-4-16(23(18)24)12-27-21-14-26-19-5-7-22(30-25(19)29-21)31-10-8-17(32)9-11-31/h4-7,13-15,17,28,32H,8-12H2,1-3H3,(H,27,29,30). The topological polar surface area (TPSA) is 99.2 Å². The number of rotatable bonds is 6. The van der Waals surface area contributed by atoms with Crippen molar-refractivity contribution >= 4 is 33.7 Å². The Bertz CT molecular complexity index is 1280. The van der Waals surface area contributed by atoms with Crippen LogP contribution in [0, 0.1) is 0 Å². The van der Waals surface area contributed by atoms with Crippen molar-refractivity contribution in [2.75, 3.05) is 30.4 Å². The first-order valence-electron chi connectivity index (χ1n) is 11.5. The number of nitrogens with zero attached hydrogens (tertiary/aromatic N) is 4. The fraction of sp³-hybridized carbons (Fsp3) is 0.400. The SMILES string of the molecule is COc1ccc(CNc2cnc3ccc(N4CCC(O)CC4)nc3n2)c2c(C(C)C)c[nH]c12. The third-order valence-corrected chi connectivity index (χ3v) is 6.40. The van der Waals surface area contributed by atoms with Crippen LogP contribution in [-0.4, -0.2) is 51.3 Å². The lowest BCUT2D eigenvalue weighted by atomic mass is 9.98. The molecular formula is C25H30N6O2. The molecule has 5 rings (SSSR count). The van der Waals surface area contributed by atoms with E-state index in [-0.39, 0.29) is 6.10 Å². The van der Waals surface area contributed by atoms with Crippen molar-refractivity contribution in [1.29, 1.82) is 0 Å². The van der Waals surface area contributed by atoms with Gasteiger partial charge in [-0.25, -0.2) is 15.0 Å². The van der Waals surface area contributed by atoms with Crippen LogP contribution in [0.5, 0.6) is 5.75 Å². The normalized spacial score (nSPS) is 15.0. The van der Waals surface area contributed by atoms with Crippen LogP contribution < -0.4 is 15.0 Å². The summed E-state index contributed by atoms with van der Waals surface area (Å²) < 4.78 is 5.55. The van der Waals surface area contributed by atoms with Gasteiger partial charge in [-0.2, -0.15) is 0 Å². The van der Waals surface area contributed by atoms with E-state index in [9.17, 15) is 5.11 Å². The van der Waals surface area contributed by atoms with Gasteiger partial charge >= 0.3 is 0 Å². The van der Waals surface area contributed by atoms with Gasteiger partial charge in [-0.15, -0.1) is 0 Å². The zero-order chi connectivity index (χ0) is 22.9. The zero-order valence-corrected chi connectivity index (χ0v) is 19.3. The Morgan fingerprint density at radius 1 is 1.18 bits per heavy atom. The third-order valence-electron chi connectivity index (χ3n) is 6.40. The van der Waals surface area contributed by atoms with Crippen LogP contribution in [0.2, 0.25) is 0 Å². The zero-order valence-electron chi connectivity index (χ0n) is 19.3. The minimum atomic E-state index is -0.210. The van der Waals surface area contributed by atoms with Gasteiger partial charge in [-0.1, -0.05) is 19.9 Å². The van der Waals surface area contributed by atoms with E-state index in [1.54, 1.807) is 13.3 Å². The van der Waals surface area contributed by atoms with E-state index in [4.69, 9.17) is 14.7 Å². The van der Waals surface area contributed by atoms with Crippen LogP contribution >= 0.6 is 0 Å². The number of piperidine rings is 1. The Labute approximate surface area is 193 Å². The number of aromatic amines is 1. The first kappa shape index (κ1) is 21.5. The van der Waals surface area contributed by atoms with E-state index in [0.29, 0.717) is 23.9 Å². The second kappa shape index (κ2) is 8.86. The van der Waals surface area contributed by atoms with Crippen LogP contribution in [-0.2, 0) is 6.54 Å². The summed E-state index contributed by atoms with van der Waals surface area (Å²) in [6.07, 6.45) is 5.14. The predicted octanol–water partition coefficient (Wildman–Crippen LogP) is 4.21. The van der Waals surface area contributed by atoms with Gasteiger partial charge in [0.25, 0.3) is 0 Å². The molecule has 8 heteroatoms. The van der Waals surface area contributed by atoms with E-state index in [1.807, 2.05) is 18.2 Å². The van der Waals surface area contributed by atoms with Crippen molar-refractivity contribution in [3.63, 3.8) is 0 Å². The molecule has 0 amide bonds. The van der Waals surface area contributed by atoms with Crippen molar-refractivity contribution in [3.8, 4) is 5.75 Å². The van der Waals surface area contributed by atoms with E-state index in [1.165, 1.54) is 16.5 Å². The predicted molar refractivity (Wildman–Crippen MR) is 131 cm³/mol. The Morgan fingerprint density at radius 3 is 2.76 bits per heavy atom. The maximum Gasteiger partial charge on any atom is 0.182 e. The minimum absolute atomic E-state index is 0.210. The highest BCUT2D eigenvalue weighted by Gasteiger charge is 2.19. The summed E-state index contributed by atoms with van der Waals surface area (Å²) in [5.74, 6) is 2.80. The van der Waals surface area contributed by atoms with Gasteiger partial charge < -0.3 is 25.0 Å². The van der Waals surface area contributed by atoms with E-state index in [2.05, 4.69) is 46.3 Å². The highest BCUT2D eigenvalue weighted by Crippen LogP contribution is 2.34. The van der Waals surface area contributed by atoms with Gasteiger partial charge in [-0.3, -0.25) is 0 Å². The number of nitrogens with one attached hydrogen (secondary N) is 2. The molecule has 1 saturated heterocycles. The van der Waals surface area contributed by atoms with Crippen molar-refractivity contribution in [2.24, 2.45) is 0 Å². The molecule has 0 bridgehead atoms. The highest BCUT2D eigenvalue weighted by atomic mass is 16.5. The molecule has 0 radical (unpaired) electrons. The van der Waals surface area contributed by atoms with Gasteiger partial charge in [0.05, 0.1) is 24.9 Å².